The first-order valence-corrected chi connectivity index (χ1v) is 6.66. The number of nitrogens with one attached hydrogen (secondary N) is 2. The Kier molecular flexibility index (Phi) is 3.46. The third-order valence-electron chi connectivity index (χ3n) is 3.49. The van der Waals surface area contributed by atoms with Crippen molar-refractivity contribution in [2.24, 2.45) is 0 Å². The van der Waals surface area contributed by atoms with Gasteiger partial charge in [-0.1, -0.05) is 12.1 Å². The maximum absolute atomic E-state index is 5.52. The van der Waals surface area contributed by atoms with Crippen molar-refractivity contribution in [3.63, 3.8) is 0 Å². The Hall–Kier alpha value is -1.88. The van der Waals surface area contributed by atoms with Gasteiger partial charge in [0.15, 0.2) is 0 Å². The summed E-state index contributed by atoms with van der Waals surface area (Å²) in [5.41, 5.74) is 2.63. The Morgan fingerprint density at radius 3 is 3.26 bits per heavy atom. The van der Waals surface area contributed by atoms with E-state index >= 15 is 0 Å². The Morgan fingerprint density at radius 1 is 1.47 bits per heavy atom. The van der Waals surface area contributed by atoms with Crippen molar-refractivity contribution in [2.45, 2.75) is 25.8 Å². The summed E-state index contributed by atoms with van der Waals surface area (Å²) in [5.74, 6) is 1.96. The van der Waals surface area contributed by atoms with Crippen molar-refractivity contribution in [1.29, 1.82) is 0 Å². The molecule has 1 aliphatic rings. The molecule has 2 heterocycles. The molecule has 5 heteroatoms. The van der Waals surface area contributed by atoms with Gasteiger partial charge in [-0.15, -0.1) is 0 Å². The van der Waals surface area contributed by atoms with E-state index in [-0.39, 0.29) is 0 Å². The van der Waals surface area contributed by atoms with Crippen LogP contribution in [0.1, 0.15) is 29.9 Å². The Morgan fingerprint density at radius 2 is 2.42 bits per heavy atom. The molecule has 19 heavy (non-hydrogen) atoms. The van der Waals surface area contributed by atoms with Crippen molar-refractivity contribution in [1.82, 2.24) is 20.5 Å². The molecule has 100 valence electrons. The van der Waals surface area contributed by atoms with E-state index in [4.69, 9.17) is 4.74 Å². The van der Waals surface area contributed by atoms with Gasteiger partial charge in [-0.2, -0.15) is 5.10 Å². The normalized spacial score (nSPS) is 15.0. The maximum Gasteiger partial charge on any atom is 0.137 e. The molecule has 1 aliphatic heterocycles. The van der Waals surface area contributed by atoms with Gasteiger partial charge in [0.25, 0.3) is 0 Å². The molecule has 0 saturated carbocycles. The number of rotatable bonds is 5. The van der Waals surface area contributed by atoms with Gasteiger partial charge < -0.3 is 10.1 Å². The van der Waals surface area contributed by atoms with E-state index in [1.165, 1.54) is 11.1 Å². The topological polar surface area (TPSA) is 62.8 Å². The van der Waals surface area contributed by atoms with E-state index in [1.54, 1.807) is 6.33 Å². The van der Waals surface area contributed by atoms with Crippen molar-refractivity contribution in [3.8, 4) is 5.75 Å². The predicted molar refractivity (Wildman–Crippen MR) is 72.1 cm³/mol. The molecule has 0 fully saturated rings. The summed E-state index contributed by atoms with van der Waals surface area (Å²) in [7, 11) is 0. The number of hydrogen-bond acceptors (Lipinski definition) is 4. The third kappa shape index (κ3) is 2.76. The molecule has 1 unspecified atom stereocenters. The van der Waals surface area contributed by atoms with Crippen LogP contribution in [-0.4, -0.2) is 28.3 Å². The molecule has 1 aromatic carbocycles. The molecule has 3 rings (SSSR count). The van der Waals surface area contributed by atoms with Crippen LogP contribution in [0.25, 0.3) is 0 Å². The summed E-state index contributed by atoms with van der Waals surface area (Å²) in [5, 5.41) is 10.2. The summed E-state index contributed by atoms with van der Waals surface area (Å²) in [6.45, 7) is 3.87. The van der Waals surface area contributed by atoms with Crippen molar-refractivity contribution in [3.05, 3.63) is 41.5 Å². The van der Waals surface area contributed by atoms with Crippen molar-refractivity contribution in [2.75, 3.05) is 13.2 Å². The number of nitrogens with zero attached hydrogens (tertiary/aromatic N) is 2. The molecular formula is C14H18N4O. The first-order valence-electron chi connectivity index (χ1n) is 6.66. The number of fused-ring (bicyclic) bond motifs is 1. The second-order valence-corrected chi connectivity index (χ2v) is 4.82. The Bertz CT molecular complexity index is 538. The lowest BCUT2D eigenvalue weighted by Gasteiger charge is -2.14. The van der Waals surface area contributed by atoms with E-state index < -0.39 is 0 Å². The lowest BCUT2D eigenvalue weighted by atomic mass is 10.0. The van der Waals surface area contributed by atoms with Gasteiger partial charge in [-0.05, 0) is 24.1 Å². The zero-order valence-corrected chi connectivity index (χ0v) is 11.0. The second kappa shape index (κ2) is 5.40. The number of ether oxygens (including phenoxy) is 1. The fourth-order valence-electron chi connectivity index (χ4n) is 2.35. The van der Waals surface area contributed by atoms with Gasteiger partial charge in [0.05, 0.1) is 6.61 Å². The van der Waals surface area contributed by atoms with Crippen LogP contribution in [0.2, 0.25) is 0 Å². The van der Waals surface area contributed by atoms with Crippen LogP contribution in [0, 0.1) is 0 Å². The van der Waals surface area contributed by atoms with E-state index in [0.29, 0.717) is 6.04 Å². The van der Waals surface area contributed by atoms with Crippen LogP contribution in [0.4, 0.5) is 0 Å². The Balaban J connectivity index is 1.56. The van der Waals surface area contributed by atoms with E-state index in [2.05, 4.69) is 45.6 Å². The highest BCUT2D eigenvalue weighted by molar-refractivity contribution is 5.40. The van der Waals surface area contributed by atoms with Gasteiger partial charge >= 0.3 is 0 Å². The van der Waals surface area contributed by atoms with Crippen molar-refractivity contribution >= 4 is 0 Å². The maximum atomic E-state index is 5.52. The molecule has 2 N–H and O–H groups in total. The number of benzene rings is 1. The summed E-state index contributed by atoms with van der Waals surface area (Å²) in [6, 6.07) is 6.78. The number of aromatic amines is 1. The monoisotopic (exact) mass is 258 g/mol. The summed E-state index contributed by atoms with van der Waals surface area (Å²) in [4.78, 5) is 4.11. The number of hydrogen-bond donors (Lipinski definition) is 2. The molecule has 0 saturated heterocycles. The molecule has 2 aromatic rings. The average Bonchev–Trinajstić information content (AvgIpc) is 3.08. The highest BCUT2D eigenvalue weighted by Gasteiger charge is 2.14. The van der Waals surface area contributed by atoms with Crippen LogP contribution >= 0.6 is 0 Å². The SMILES string of the molecule is CC(NCCc1ncn[nH]1)c1ccc2c(c1)CCO2. The van der Waals surface area contributed by atoms with E-state index in [0.717, 1.165) is 37.6 Å². The molecule has 0 bridgehead atoms. The minimum Gasteiger partial charge on any atom is -0.493 e. The summed E-state index contributed by atoms with van der Waals surface area (Å²) in [6.07, 6.45) is 3.42. The molecule has 1 atom stereocenters. The molecule has 0 radical (unpaired) electrons. The van der Waals surface area contributed by atoms with Crippen LogP contribution in [0.15, 0.2) is 24.5 Å². The molecule has 5 nitrogen and oxygen atoms in total. The predicted octanol–water partition coefficient (Wildman–Crippen LogP) is 1.63. The quantitative estimate of drug-likeness (QED) is 0.855. The third-order valence-corrected chi connectivity index (χ3v) is 3.49. The summed E-state index contributed by atoms with van der Waals surface area (Å²) < 4.78 is 5.52. The van der Waals surface area contributed by atoms with Crippen molar-refractivity contribution < 1.29 is 4.74 Å². The van der Waals surface area contributed by atoms with Crippen LogP contribution in [-0.2, 0) is 12.8 Å². The van der Waals surface area contributed by atoms with Gasteiger partial charge in [0.2, 0.25) is 0 Å². The highest BCUT2D eigenvalue weighted by atomic mass is 16.5. The molecule has 0 aliphatic carbocycles. The van der Waals surface area contributed by atoms with Crippen LogP contribution in [0.3, 0.4) is 0 Å². The van der Waals surface area contributed by atoms with E-state index in [9.17, 15) is 0 Å². The minimum atomic E-state index is 0.328. The standard InChI is InChI=1S/C14H18N4O/c1-10(15-6-4-14-16-9-17-18-14)11-2-3-13-12(8-11)5-7-19-13/h2-3,8-10,15H,4-7H2,1H3,(H,16,17,18). The van der Waals surface area contributed by atoms with Gasteiger partial charge in [0, 0.05) is 25.4 Å². The zero-order valence-electron chi connectivity index (χ0n) is 11.0. The molecule has 0 spiro atoms. The highest BCUT2D eigenvalue weighted by Crippen LogP contribution is 2.27. The van der Waals surface area contributed by atoms with Gasteiger partial charge in [-0.3, -0.25) is 5.10 Å². The Labute approximate surface area is 112 Å². The molecule has 0 amide bonds. The second-order valence-electron chi connectivity index (χ2n) is 4.82. The fourth-order valence-corrected chi connectivity index (χ4v) is 2.35. The first kappa shape index (κ1) is 12.2. The smallest absolute Gasteiger partial charge is 0.137 e. The molecular weight excluding hydrogens is 240 g/mol. The number of aromatic nitrogens is 3. The zero-order chi connectivity index (χ0) is 13.1. The van der Waals surface area contributed by atoms with Crippen LogP contribution < -0.4 is 10.1 Å². The first-order chi connectivity index (χ1) is 9.33. The minimum absolute atomic E-state index is 0.328. The average molecular weight is 258 g/mol. The number of H-pyrrole nitrogens is 1. The van der Waals surface area contributed by atoms with Gasteiger partial charge in [-0.25, -0.2) is 4.98 Å². The van der Waals surface area contributed by atoms with Crippen LogP contribution in [0.5, 0.6) is 5.75 Å². The van der Waals surface area contributed by atoms with Gasteiger partial charge in [0.1, 0.15) is 17.9 Å². The summed E-state index contributed by atoms with van der Waals surface area (Å²) >= 11 is 0. The lowest BCUT2D eigenvalue weighted by Crippen LogP contribution is -2.21. The molecule has 1 aromatic heterocycles. The fraction of sp³-hybridized carbons (Fsp3) is 0.429. The largest absolute Gasteiger partial charge is 0.493 e. The lowest BCUT2D eigenvalue weighted by molar-refractivity contribution is 0.356. The van der Waals surface area contributed by atoms with E-state index in [1.807, 2.05) is 0 Å².